The van der Waals surface area contributed by atoms with Crippen molar-refractivity contribution in [3.8, 4) is 0 Å². The van der Waals surface area contributed by atoms with Crippen LogP contribution >= 0.6 is 0 Å². The van der Waals surface area contributed by atoms with Crippen LogP contribution in [0, 0.1) is 0 Å². The highest BCUT2D eigenvalue weighted by Gasteiger charge is 2.20. The fourth-order valence-corrected chi connectivity index (χ4v) is 9.33. The van der Waals surface area contributed by atoms with Crippen LogP contribution in [0.25, 0.3) is 12.2 Å². The second-order valence-electron chi connectivity index (χ2n) is 15.0. The molecule has 26 nitrogen and oxygen atoms in total. The van der Waals surface area contributed by atoms with Gasteiger partial charge in [-0.15, -0.1) is 0 Å². The topological polar surface area (TPSA) is 381 Å². The molecule has 4 aromatic carbocycles. The van der Waals surface area contributed by atoms with Gasteiger partial charge in [0.05, 0.1) is 59.0 Å². The van der Waals surface area contributed by atoms with Gasteiger partial charge in [-0.25, -0.2) is 20.0 Å². The van der Waals surface area contributed by atoms with Crippen molar-refractivity contribution >= 4 is 87.3 Å². The van der Waals surface area contributed by atoms with Gasteiger partial charge in [-0.3, -0.25) is 38.1 Å². The van der Waals surface area contributed by atoms with Crippen molar-refractivity contribution in [3.63, 3.8) is 0 Å². The molecule has 0 radical (unpaired) electrons. The highest BCUT2D eigenvalue weighted by atomic mass is 32.2. The normalized spacial score (nSPS) is 16.4. The molecule has 0 bridgehead atoms. The lowest BCUT2D eigenvalue weighted by atomic mass is 10.1. The first kappa shape index (κ1) is 49.4. The van der Waals surface area contributed by atoms with E-state index >= 15 is 0 Å². The fraction of sp³-hybridized carbons (Fsp3) is 0.200. The number of ether oxygens (including phenoxy) is 2. The van der Waals surface area contributed by atoms with Gasteiger partial charge < -0.3 is 19.3 Å². The van der Waals surface area contributed by atoms with Crippen LogP contribution in [-0.4, -0.2) is 134 Å². The summed E-state index contributed by atoms with van der Waals surface area (Å²) in [5, 5.41) is 0. The number of rotatable bonds is 12. The van der Waals surface area contributed by atoms with Crippen molar-refractivity contribution in [1.29, 1.82) is 0 Å². The van der Waals surface area contributed by atoms with Crippen LogP contribution in [0.1, 0.15) is 11.1 Å². The van der Waals surface area contributed by atoms with Crippen LogP contribution in [0.15, 0.2) is 124 Å². The molecule has 0 amide bonds. The van der Waals surface area contributed by atoms with E-state index < -0.39 is 60.1 Å². The highest BCUT2D eigenvalue weighted by Crippen LogP contribution is 2.28. The zero-order valence-electron chi connectivity index (χ0n) is 36.0. The van der Waals surface area contributed by atoms with Gasteiger partial charge in [0.25, 0.3) is 40.5 Å². The third kappa shape index (κ3) is 12.6. The van der Waals surface area contributed by atoms with E-state index in [0.717, 1.165) is 24.3 Å². The summed E-state index contributed by atoms with van der Waals surface area (Å²) in [6.45, 7) is 3.20. The molecule has 8 rings (SSSR count). The van der Waals surface area contributed by atoms with E-state index in [0.29, 0.717) is 52.6 Å². The van der Waals surface area contributed by atoms with Crippen molar-refractivity contribution in [2.24, 2.45) is 20.0 Å². The summed E-state index contributed by atoms with van der Waals surface area (Å²) >= 11 is 0. The molecule has 70 heavy (non-hydrogen) atoms. The molecule has 8 N–H and O–H groups in total. The maximum absolute atomic E-state index is 12.8. The summed E-state index contributed by atoms with van der Waals surface area (Å²) in [5.74, 6) is 0.538. The number of nitrogens with zero attached hydrogens (tertiary/aromatic N) is 8. The third-order valence-electron chi connectivity index (χ3n) is 10.1. The molecule has 30 heteroatoms. The van der Waals surface area contributed by atoms with Gasteiger partial charge in [0, 0.05) is 26.2 Å². The molecule has 368 valence electrons. The Hall–Kier alpha value is -7.00. The molecule has 2 aromatic heterocycles. The molecule has 2 aliphatic rings. The van der Waals surface area contributed by atoms with E-state index in [1.54, 1.807) is 0 Å². The summed E-state index contributed by atoms with van der Waals surface area (Å²) in [7, 11) is -19.0. The Morgan fingerprint density at radius 1 is 0.471 bits per heavy atom. The third-order valence-corrected chi connectivity index (χ3v) is 13.7. The lowest BCUT2D eigenvalue weighted by Gasteiger charge is -2.26. The Balaban J connectivity index is 1.16. The Labute approximate surface area is 397 Å². The van der Waals surface area contributed by atoms with Gasteiger partial charge in [-0.05, 0) is 71.8 Å². The van der Waals surface area contributed by atoms with Crippen LogP contribution in [0.2, 0.25) is 0 Å². The quantitative estimate of drug-likeness (QED) is 0.0636. The van der Waals surface area contributed by atoms with Crippen LogP contribution in [-0.2, 0) is 49.9 Å². The molecule has 2 saturated heterocycles. The molecule has 0 spiro atoms. The molecular weight excluding hydrogens is 1000 g/mol. The van der Waals surface area contributed by atoms with Gasteiger partial charge in [-0.1, -0.05) is 36.4 Å². The first-order chi connectivity index (χ1) is 33.1. The molecule has 0 saturated carbocycles. The largest absolute Gasteiger partial charge is 0.378 e. The Morgan fingerprint density at radius 3 is 1.20 bits per heavy atom. The van der Waals surface area contributed by atoms with Crippen molar-refractivity contribution < 1.29 is 61.4 Å². The predicted octanol–water partition coefficient (Wildman–Crippen LogP) is 1.55. The Kier molecular flexibility index (Phi) is 14.2. The van der Waals surface area contributed by atoms with E-state index in [9.17, 15) is 51.9 Å². The number of hydrogen-bond acceptors (Lipinski definition) is 18. The Bertz CT molecular complexity index is 3540. The number of H-pyrrole nitrogens is 4. The van der Waals surface area contributed by atoms with E-state index in [2.05, 4.69) is 49.9 Å². The maximum Gasteiger partial charge on any atom is 0.295 e. The molecule has 0 unspecified atom stereocenters. The van der Waals surface area contributed by atoms with Gasteiger partial charge >= 0.3 is 0 Å². The first-order valence-electron chi connectivity index (χ1n) is 20.5. The number of benzene rings is 4. The minimum absolute atomic E-state index is 0.00980. The van der Waals surface area contributed by atoms with Crippen molar-refractivity contribution in [2.75, 3.05) is 62.4 Å². The zero-order chi connectivity index (χ0) is 49.8. The van der Waals surface area contributed by atoms with Crippen LogP contribution in [0.4, 0.5) is 34.6 Å². The second kappa shape index (κ2) is 20.2. The van der Waals surface area contributed by atoms with Crippen molar-refractivity contribution in [2.45, 2.75) is 19.6 Å². The molecule has 4 heterocycles. The minimum atomic E-state index is -4.97. The number of aromatic amines is 4. The SMILES string of the molecule is O=S(=O)(O)c1cccc(N=c2nc(N3CCOCC3)[nH]c(=Nc3ccc(C=Cc4ccc(N=c5[nH]c(N6CCOCC6)nc(=Nc6cccc(S(=O)(=O)O)c6)[nH]5)cc4S(=O)(=O)O)c(S(=O)(=O)O)c3)[nH]2)c1. The van der Waals surface area contributed by atoms with Crippen LogP contribution in [0.3, 0.4) is 0 Å². The van der Waals surface area contributed by atoms with E-state index in [1.165, 1.54) is 72.8 Å². The monoisotopic (exact) mass is 1040 g/mol. The molecule has 0 aliphatic carbocycles. The van der Waals surface area contributed by atoms with Crippen molar-refractivity contribution in [3.05, 3.63) is 119 Å². The van der Waals surface area contributed by atoms with Gasteiger partial charge in [0.1, 0.15) is 9.79 Å². The summed E-state index contributed by atoms with van der Waals surface area (Å²) in [5.41, 5.74) is -0.186. The molecule has 2 fully saturated rings. The van der Waals surface area contributed by atoms with Crippen LogP contribution in [0.5, 0.6) is 0 Å². The average molecular weight is 1040 g/mol. The number of nitrogens with one attached hydrogen (secondary N) is 4. The summed E-state index contributed by atoms with van der Waals surface area (Å²) < 4.78 is 149. The summed E-state index contributed by atoms with van der Waals surface area (Å²) in [6, 6.07) is 17.7. The smallest absolute Gasteiger partial charge is 0.295 e. The van der Waals surface area contributed by atoms with E-state index in [-0.39, 0.29) is 68.2 Å². The predicted molar refractivity (Wildman–Crippen MR) is 247 cm³/mol. The zero-order valence-corrected chi connectivity index (χ0v) is 39.2. The first-order valence-corrected chi connectivity index (χ1v) is 26.2. The summed E-state index contributed by atoms with van der Waals surface area (Å²) in [4.78, 5) is 39.9. The molecule has 0 atom stereocenters. The Morgan fingerprint density at radius 2 is 0.843 bits per heavy atom. The summed E-state index contributed by atoms with van der Waals surface area (Å²) in [6.07, 6.45) is 2.38. The minimum Gasteiger partial charge on any atom is -0.378 e. The van der Waals surface area contributed by atoms with Gasteiger partial charge in [-0.2, -0.15) is 43.6 Å². The number of hydrogen-bond donors (Lipinski definition) is 8. The number of morpholine rings is 2. The standard InChI is InChI=1S/C40H40N12O14S4/c53-67(54,55)31-5-1-3-27(21-31)41-35-45-37(49-39(47-35)51-13-17-65-18-14-51)43-29-11-9-25(33(23-29)69(59,60)61)7-8-26-10-12-30(24-34(26)70(62,63)64)44-38-46-36(48-40(50-38)52-15-19-66-20-16-52)42-28-4-2-6-32(22-28)68(56,57)58/h1-12,21-24H,13-20H2,(H,53,54,55)(H,56,57,58)(H,59,60,61)(H,62,63,64)(H2,41,43,45,47,49)(H2,42,44,46,48,50). The van der Waals surface area contributed by atoms with Gasteiger partial charge in [0.15, 0.2) is 0 Å². The molecule has 2 aliphatic heterocycles. The second-order valence-corrected chi connectivity index (χ2v) is 20.7. The lowest BCUT2D eigenvalue weighted by molar-refractivity contribution is 0.122. The lowest BCUT2D eigenvalue weighted by Crippen LogP contribution is -2.40. The van der Waals surface area contributed by atoms with E-state index in [4.69, 9.17) is 9.47 Å². The van der Waals surface area contributed by atoms with E-state index in [1.807, 2.05) is 9.80 Å². The van der Waals surface area contributed by atoms with Gasteiger partial charge in [0.2, 0.25) is 34.4 Å². The van der Waals surface area contributed by atoms with Crippen LogP contribution < -0.4 is 32.3 Å². The maximum atomic E-state index is 12.8. The number of anilines is 2. The number of aromatic nitrogens is 6. The van der Waals surface area contributed by atoms with Crippen molar-refractivity contribution in [1.82, 2.24) is 29.9 Å². The fourth-order valence-electron chi connectivity index (χ4n) is 6.88. The molecule has 6 aromatic rings. The highest BCUT2D eigenvalue weighted by molar-refractivity contribution is 7.86. The average Bonchev–Trinajstić information content (AvgIpc) is 3.31. The molecular formula is C40H40N12O14S4.